The predicted octanol–water partition coefficient (Wildman–Crippen LogP) is 3.11. The van der Waals surface area contributed by atoms with E-state index in [2.05, 4.69) is 47.4 Å². The summed E-state index contributed by atoms with van der Waals surface area (Å²) in [4.78, 5) is 16.3. The molecule has 2 aromatic rings. The molecule has 0 saturated carbocycles. The topological polar surface area (TPSA) is 24.8 Å². The summed E-state index contributed by atoms with van der Waals surface area (Å²) in [7, 11) is 0. The Balaban J connectivity index is 1.50. The molecule has 1 saturated heterocycles. The number of aryl methyl sites for hydroxylation is 1. The number of carbonyl (C=O) groups excluding carboxylic acids is 1. The van der Waals surface area contributed by atoms with Crippen molar-refractivity contribution in [2.24, 2.45) is 0 Å². The van der Waals surface area contributed by atoms with Gasteiger partial charge in [0.15, 0.2) is 0 Å². The van der Waals surface area contributed by atoms with E-state index in [1.54, 1.807) is 4.90 Å². The fourth-order valence-electron chi connectivity index (χ4n) is 4.02. The Morgan fingerprint density at radius 3 is 2.23 bits per heavy atom. The van der Waals surface area contributed by atoms with Crippen molar-refractivity contribution in [1.29, 1.82) is 0 Å². The van der Waals surface area contributed by atoms with Crippen LogP contribution in [0, 0.1) is 0 Å². The summed E-state index contributed by atoms with van der Waals surface area (Å²) in [6.07, 6.45) is 5.17. The molecule has 3 heteroatoms. The molecule has 1 aliphatic heterocycles. The van der Waals surface area contributed by atoms with Crippen LogP contribution in [0.25, 0.3) is 0 Å². The zero-order chi connectivity index (χ0) is 18.2. The van der Waals surface area contributed by atoms with Gasteiger partial charge >= 0.3 is 0 Å². The summed E-state index contributed by atoms with van der Waals surface area (Å²) in [5.41, 5.74) is 2.49. The molecule has 0 aliphatic carbocycles. The third-order valence-corrected chi connectivity index (χ3v) is 5.47. The zero-order valence-electron chi connectivity index (χ0n) is 15.9. The number of rotatable bonds is 7. The second-order valence-electron chi connectivity index (χ2n) is 7.27. The van der Waals surface area contributed by atoms with E-state index >= 15 is 0 Å². The Morgan fingerprint density at radius 2 is 1.62 bits per heavy atom. The fraction of sp³-hybridized carbons (Fsp3) is 0.435. The highest BCUT2D eigenvalue weighted by Gasteiger charge is 2.29. The SMILES string of the molecule is CCC(=O)N(c1ccccc1)C1CC[NH+](CCCc2ccccc2)CC1. The number of quaternary nitrogens is 1. The van der Waals surface area contributed by atoms with Crippen molar-refractivity contribution in [3.63, 3.8) is 0 Å². The first-order chi connectivity index (χ1) is 12.8. The second-order valence-corrected chi connectivity index (χ2v) is 7.27. The molecule has 1 N–H and O–H groups in total. The van der Waals surface area contributed by atoms with E-state index in [4.69, 9.17) is 0 Å². The molecule has 0 radical (unpaired) electrons. The van der Waals surface area contributed by atoms with Gasteiger partial charge in [-0.3, -0.25) is 4.79 Å². The van der Waals surface area contributed by atoms with E-state index in [0.717, 1.165) is 24.9 Å². The average molecular weight is 352 g/mol. The molecule has 3 nitrogen and oxygen atoms in total. The Bertz CT molecular complexity index is 663. The number of para-hydroxylation sites is 1. The third-order valence-electron chi connectivity index (χ3n) is 5.47. The maximum absolute atomic E-state index is 12.5. The van der Waals surface area contributed by atoms with Gasteiger partial charge in [0.25, 0.3) is 0 Å². The van der Waals surface area contributed by atoms with Crippen molar-refractivity contribution in [2.75, 3.05) is 24.5 Å². The van der Waals surface area contributed by atoms with Crippen molar-refractivity contribution in [3.8, 4) is 0 Å². The van der Waals surface area contributed by atoms with E-state index in [0.29, 0.717) is 12.5 Å². The summed E-state index contributed by atoms with van der Waals surface area (Å²) in [5, 5.41) is 0. The van der Waals surface area contributed by atoms with Crippen LogP contribution in [0.3, 0.4) is 0 Å². The van der Waals surface area contributed by atoms with Crippen LogP contribution in [-0.2, 0) is 11.2 Å². The lowest BCUT2D eigenvalue weighted by Gasteiger charge is -2.37. The van der Waals surface area contributed by atoms with Crippen LogP contribution >= 0.6 is 0 Å². The van der Waals surface area contributed by atoms with Crippen molar-refractivity contribution in [1.82, 2.24) is 0 Å². The van der Waals surface area contributed by atoms with Crippen LogP contribution in [0.4, 0.5) is 5.69 Å². The molecule has 138 valence electrons. The van der Waals surface area contributed by atoms with E-state index in [-0.39, 0.29) is 5.91 Å². The molecule has 0 unspecified atom stereocenters. The minimum Gasteiger partial charge on any atom is -0.335 e. The maximum atomic E-state index is 12.5. The monoisotopic (exact) mass is 351 g/mol. The molecule has 3 rings (SSSR count). The van der Waals surface area contributed by atoms with Crippen LogP contribution in [0.1, 0.15) is 38.2 Å². The number of amides is 1. The number of benzene rings is 2. The Labute approximate surface area is 157 Å². The Morgan fingerprint density at radius 1 is 1.00 bits per heavy atom. The molecular weight excluding hydrogens is 320 g/mol. The molecule has 1 amide bonds. The summed E-state index contributed by atoms with van der Waals surface area (Å²) >= 11 is 0. The van der Waals surface area contributed by atoms with Crippen molar-refractivity contribution in [2.45, 2.75) is 45.1 Å². The molecule has 0 bridgehead atoms. The van der Waals surface area contributed by atoms with Crippen molar-refractivity contribution >= 4 is 11.6 Å². The largest absolute Gasteiger partial charge is 0.335 e. The molecule has 1 heterocycles. The highest BCUT2D eigenvalue weighted by atomic mass is 16.2. The predicted molar refractivity (Wildman–Crippen MR) is 108 cm³/mol. The van der Waals surface area contributed by atoms with E-state index in [1.165, 1.54) is 31.6 Å². The van der Waals surface area contributed by atoms with E-state index in [1.807, 2.05) is 25.1 Å². The first kappa shape index (κ1) is 18.7. The maximum Gasteiger partial charge on any atom is 0.226 e. The minimum atomic E-state index is 0.244. The summed E-state index contributed by atoms with van der Waals surface area (Å²) < 4.78 is 0. The molecular formula is C23H31N2O+. The van der Waals surface area contributed by atoms with Gasteiger partial charge in [0.05, 0.1) is 19.6 Å². The fourth-order valence-corrected chi connectivity index (χ4v) is 4.02. The number of hydrogen-bond acceptors (Lipinski definition) is 1. The van der Waals surface area contributed by atoms with Gasteiger partial charge in [-0.1, -0.05) is 55.5 Å². The van der Waals surface area contributed by atoms with Gasteiger partial charge in [0.1, 0.15) is 0 Å². The molecule has 1 fully saturated rings. The smallest absolute Gasteiger partial charge is 0.226 e. The summed E-state index contributed by atoms with van der Waals surface area (Å²) in [6.45, 7) is 5.52. The van der Waals surface area contributed by atoms with Gasteiger partial charge in [0.2, 0.25) is 5.91 Å². The number of carbonyl (C=O) groups is 1. The minimum absolute atomic E-state index is 0.244. The summed E-state index contributed by atoms with van der Waals surface area (Å²) in [5.74, 6) is 0.244. The van der Waals surface area contributed by atoms with Gasteiger partial charge in [-0.15, -0.1) is 0 Å². The second kappa shape index (κ2) is 9.54. The molecule has 0 aromatic heterocycles. The average Bonchev–Trinajstić information content (AvgIpc) is 2.71. The number of piperidine rings is 1. The lowest BCUT2D eigenvalue weighted by Crippen LogP contribution is -3.13. The number of nitrogens with one attached hydrogen (secondary N) is 1. The molecule has 26 heavy (non-hydrogen) atoms. The van der Waals surface area contributed by atoms with Gasteiger partial charge in [0, 0.05) is 37.4 Å². The third kappa shape index (κ3) is 4.95. The Hall–Kier alpha value is -2.13. The van der Waals surface area contributed by atoms with E-state index in [9.17, 15) is 4.79 Å². The van der Waals surface area contributed by atoms with Crippen LogP contribution in [0.2, 0.25) is 0 Å². The number of likely N-dealkylation sites (tertiary alicyclic amines) is 1. The highest BCUT2D eigenvalue weighted by Crippen LogP contribution is 2.22. The van der Waals surface area contributed by atoms with Gasteiger partial charge in [-0.25, -0.2) is 0 Å². The van der Waals surface area contributed by atoms with Gasteiger partial charge < -0.3 is 9.80 Å². The van der Waals surface area contributed by atoms with Crippen LogP contribution in [-0.4, -0.2) is 31.6 Å². The van der Waals surface area contributed by atoms with Crippen molar-refractivity contribution in [3.05, 3.63) is 66.2 Å². The molecule has 1 aliphatic rings. The van der Waals surface area contributed by atoms with Gasteiger partial charge in [-0.2, -0.15) is 0 Å². The van der Waals surface area contributed by atoms with Crippen LogP contribution in [0.5, 0.6) is 0 Å². The number of anilines is 1. The molecule has 0 atom stereocenters. The molecule has 2 aromatic carbocycles. The van der Waals surface area contributed by atoms with Gasteiger partial charge in [-0.05, 0) is 24.1 Å². The Kier molecular flexibility index (Phi) is 6.84. The van der Waals surface area contributed by atoms with Crippen molar-refractivity contribution < 1.29 is 9.69 Å². The summed E-state index contributed by atoms with van der Waals surface area (Å²) in [6, 6.07) is 21.3. The quantitative estimate of drug-likeness (QED) is 0.814. The lowest BCUT2D eigenvalue weighted by atomic mass is 10.0. The lowest BCUT2D eigenvalue weighted by molar-refractivity contribution is -0.905. The first-order valence-electron chi connectivity index (χ1n) is 10.0. The standard InChI is InChI=1S/C23H30N2O/c1-2-23(26)25(21-13-7-4-8-14-21)22-15-18-24(19-16-22)17-9-12-20-10-5-3-6-11-20/h3-8,10-11,13-14,22H,2,9,12,15-19H2,1H3/p+1. The van der Waals surface area contributed by atoms with E-state index < -0.39 is 0 Å². The number of nitrogens with zero attached hydrogens (tertiary/aromatic N) is 1. The zero-order valence-corrected chi connectivity index (χ0v) is 15.9. The first-order valence-corrected chi connectivity index (χ1v) is 10.0. The van der Waals surface area contributed by atoms with Crippen LogP contribution in [0.15, 0.2) is 60.7 Å². The van der Waals surface area contributed by atoms with Crippen LogP contribution < -0.4 is 9.80 Å². The normalized spacial score (nSPS) is 19.9. The number of hydrogen-bond donors (Lipinski definition) is 1. The highest BCUT2D eigenvalue weighted by molar-refractivity contribution is 5.93. The molecule has 0 spiro atoms.